The number of nitrogens with one attached hydrogen (secondary N) is 1. The van der Waals surface area contributed by atoms with Gasteiger partial charge >= 0.3 is 0 Å². The Hall–Kier alpha value is -2.36. The monoisotopic (exact) mass is 484 g/mol. The van der Waals surface area contributed by atoms with Gasteiger partial charge in [0, 0.05) is 17.8 Å². The van der Waals surface area contributed by atoms with Crippen LogP contribution in [0, 0.1) is 5.82 Å². The Balaban J connectivity index is 1.89. The second kappa shape index (κ2) is 10.5. The normalized spacial score (nSPS) is 14.9. The van der Waals surface area contributed by atoms with Crippen molar-refractivity contribution in [2.24, 2.45) is 0 Å². The van der Waals surface area contributed by atoms with E-state index >= 15 is 0 Å². The number of rotatable bonds is 8. The number of nitrogens with zero attached hydrogens (tertiary/aromatic N) is 1. The van der Waals surface area contributed by atoms with Crippen LogP contribution in [0.3, 0.4) is 0 Å². The van der Waals surface area contributed by atoms with Crippen LogP contribution in [-0.2, 0) is 14.8 Å². The number of hydrogen-bond acceptors (Lipinski definition) is 5. The summed E-state index contributed by atoms with van der Waals surface area (Å²) < 4.78 is 52.2. The molecule has 1 N–H and O–H groups in total. The first kappa shape index (κ1) is 24.3. The molecule has 1 aliphatic rings. The number of anilines is 1. The quantitative estimate of drug-likeness (QED) is 0.598. The number of benzene rings is 2. The molecule has 0 aliphatic heterocycles. The van der Waals surface area contributed by atoms with Crippen molar-refractivity contribution in [2.75, 3.05) is 26.1 Å². The van der Waals surface area contributed by atoms with Crippen molar-refractivity contribution in [3.05, 3.63) is 47.2 Å². The summed E-state index contributed by atoms with van der Waals surface area (Å²) in [6.07, 6.45) is 4.14. The van der Waals surface area contributed by atoms with Gasteiger partial charge in [0.15, 0.2) is 11.5 Å². The Morgan fingerprint density at radius 1 is 1.09 bits per heavy atom. The first-order valence-corrected chi connectivity index (χ1v) is 12.1. The summed E-state index contributed by atoms with van der Waals surface area (Å²) in [7, 11) is -1.12. The Morgan fingerprint density at radius 2 is 1.78 bits per heavy atom. The third kappa shape index (κ3) is 5.51. The fourth-order valence-corrected chi connectivity index (χ4v) is 5.65. The molecule has 2 aromatic rings. The van der Waals surface area contributed by atoms with Crippen molar-refractivity contribution in [2.45, 2.75) is 43.0 Å². The molecule has 0 spiro atoms. The lowest BCUT2D eigenvalue weighted by Crippen LogP contribution is -2.45. The number of carbonyl (C=O) groups excluding carboxylic acids is 1. The van der Waals surface area contributed by atoms with E-state index in [1.807, 2.05) is 0 Å². The summed E-state index contributed by atoms with van der Waals surface area (Å²) in [5.41, 5.74) is 0.286. The number of methoxy groups -OCH3 is 2. The number of ether oxygens (including phenoxy) is 2. The van der Waals surface area contributed by atoms with Gasteiger partial charge in [0.25, 0.3) is 0 Å². The summed E-state index contributed by atoms with van der Waals surface area (Å²) in [4.78, 5) is 12.8. The summed E-state index contributed by atoms with van der Waals surface area (Å²) in [5.74, 6) is -0.462. The molecule has 1 saturated carbocycles. The van der Waals surface area contributed by atoms with E-state index < -0.39 is 21.7 Å². The molecule has 2 aromatic carbocycles. The predicted molar refractivity (Wildman–Crippen MR) is 120 cm³/mol. The number of carbonyl (C=O) groups is 1. The van der Waals surface area contributed by atoms with Crippen LogP contribution in [0.15, 0.2) is 41.3 Å². The maximum Gasteiger partial charge on any atom is 0.243 e. The van der Waals surface area contributed by atoms with Gasteiger partial charge in [0.2, 0.25) is 15.9 Å². The molecular weight excluding hydrogens is 459 g/mol. The Morgan fingerprint density at radius 3 is 2.41 bits per heavy atom. The highest BCUT2D eigenvalue weighted by atomic mass is 35.5. The van der Waals surface area contributed by atoms with Crippen molar-refractivity contribution >= 4 is 33.2 Å². The zero-order valence-electron chi connectivity index (χ0n) is 17.9. The molecule has 7 nitrogen and oxygen atoms in total. The number of sulfonamides is 1. The smallest absolute Gasteiger partial charge is 0.243 e. The van der Waals surface area contributed by atoms with Crippen molar-refractivity contribution in [1.82, 2.24) is 4.31 Å². The van der Waals surface area contributed by atoms with E-state index in [1.54, 1.807) is 0 Å². The number of hydrogen-bond donors (Lipinski definition) is 1. The first-order chi connectivity index (χ1) is 15.3. The minimum atomic E-state index is -4.01. The van der Waals surface area contributed by atoms with Gasteiger partial charge in [-0.05, 0) is 43.2 Å². The Labute approximate surface area is 192 Å². The lowest BCUT2D eigenvalue weighted by Gasteiger charge is -2.33. The van der Waals surface area contributed by atoms with E-state index in [1.165, 1.54) is 48.9 Å². The molecule has 0 radical (unpaired) electrons. The Kier molecular flexibility index (Phi) is 7.97. The van der Waals surface area contributed by atoms with Gasteiger partial charge in [-0.1, -0.05) is 30.9 Å². The lowest BCUT2D eigenvalue weighted by atomic mass is 9.95. The highest BCUT2D eigenvalue weighted by Crippen LogP contribution is 2.33. The standard InChI is InChI=1S/C22H26ClFN2O5S/c1-30-20-11-9-17(13-21(20)31-2)32(28,29)26(16-6-4-3-5-7-16)14-22(27)25-15-8-10-19(24)18(23)12-15/h8-13,16H,3-7,14H2,1-2H3,(H,25,27). The fraction of sp³-hybridized carbons (Fsp3) is 0.409. The zero-order valence-corrected chi connectivity index (χ0v) is 19.5. The summed E-state index contributed by atoms with van der Waals surface area (Å²) in [6.45, 7) is -0.379. The van der Waals surface area contributed by atoms with Crippen LogP contribution in [0.2, 0.25) is 5.02 Å². The largest absolute Gasteiger partial charge is 0.493 e. The molecule has 0 atom stereocenters. The first-order valence-electron chi connectivity index (χ1n) is 10.2. The second-order valence-electron chi connectivity index (χ2n) is 7.54. The molecule has 3 rings (SSSR count). The molecule has 10 heteroatoms. The third-order valence-electron chi connectivity index (χ3n) is 5.45. The van der Waals surface area contributed by atoms with Crippen molar-refractivity contribution in [3.63, 3.8) is 0 Å². The minimum absolute atomic E-state index is 0.0124. The second-order valence-corrected chi connectivity index (χ2v) is 9.83. The van der Waals surface area contributed by atoms with Gasteiger partial charge in [0.05, 0.1) is 30.7 Å². The number of halogens is 2. The van der Waals surface area contributed by atoms with Crippen LogP contribution in [0.5, 0.6) is 11.5 Å². The van der Waals surface area contributed by atoms with E-state index in [-0.39, 0.29) is 33.9 Å². The molecule has 0 aromatic heterocycles. The van der Waals surface area contributed by atoms with Gasteiger partial charge in [-0.2, -0.15) is 4.31 Å². The minimum Gasteiger partial charge on any atom is -0.493 e. The third-order valence-corrected chi connectivity index (χ3v) is 7.63. The fourth-order valence-electron chi connectivity index (χ4n) is 3.81. The molecule has 0 saturated heterocycles. The van der Waals surface area contributed by atoms with Crippen LogP contribution in [0.1, 0.15) is 32.1 Å². The Bertz CT molecular complexity index is 1070. The van der Waals surface area contributed by atoms with E-state index in [9.17, 15) is 17.6 Å². The maximum absolute atomic E-state index is 13.6. The average Bonchev–Trinajstić information content (AvgIpc) is 2.79. The zero-order chi connectivity index (χ0) is 23.3. The SMILES string of the molecule is COc1ccc(S(=O)(=O)N(CC(=O)Nc2ccc(F)c(Cl)c2)C2CCCCC2)cc1OC. The van der Waals surface area contributed by atoms with Crippen LogP contribution in [0.25, 0.3) is 0 Å². The summed E-state index contributed by atoms with van der Waals surface area (Å²) >= 11 is 5.78. The van der Waals surface area contributed by atoms with E-state index in [0.717, 1.165) is 25.3 Å². The topological polar surface area (TPSA) is 84.9 Å². The molecule has 174 valence electrons. The lowest BCUT2D eigenvalue weighted by molar-refractivity contribution is -0.116. The molecule has 1 amide bonds. The van der Waals surface area contributed by atoms with Gasteiger partial charge < -0.3 is 14.8 Å². The van der Waals surface area contributed by atoms with Crippen molar-refractivity contribution in [1.29, 1.82) is 0 Å². The van der Waals surface area contributed by atoms with Crippen LogP contribution < -0.4 is 14.8 Å². The van der Waals surface area contributed by atoms with Gasteiger partial charge in [-0.15, -0.1) is 0 Å². The molecule has 0 bridgehead atoms. The molecule has 32 heavy (non-hydrogen) atoms. The predicted octanol–water partition coefficient (Wildman–Crippen LogP) is 4.46. The van der Waals surface area contributed by atoms with Crippen LogP contribution in [-0.4, -0.2) is 45.4 Å². The molecule has 0 unspecified atom stereocenters. The van der Waals surface area contributed by atoms with Crippen molar-refractivity contribution < 1.29 is 27.1 Å². The van der Waals surface area contributed by atoms with E-state index in [4.69, 9.17) is 21.1 Å². The molecule has 1 fully saturated rings. The highest BCUT2D eigenvalue weighted by Gasteiger charge is 2.34. The van der Waals surface area contributed by atoms with Gasteiger partial charge in [0.1, 0.15) is 5.82 Å². The van der Waals surface area contributed by atoms with Gasteiger partial charge in [-0.25, -0.2) is 12.8 Å². The maximum atomic E-state index is 13.6. The van der Waals surface area contributed by atoms with Crippen LogP contribution in [0.4, 0.5) is 10.1 Å². The average molecular weight is 485 g/mol. The van der Waals surface area contributed by atoms with Crippen molar-refractivity contribution in [3.8, 4) is 11.5 Å². The van der Waals surface area contributed by atoms with E-state index in [0.29, 0.717) is 18.6 Å². The molecule has 1 aliphatic carbocycles. The van der Waals surface area contributed by atoms with E-state index in [2.05, 4.69) is 5.32 Å². The van der Waals surface area contributed by atoms with Crippen LogP contribution >= 0.6 is 11.6 Å². The highest BCUT2D eigenvalue weighted by molar-refractivity contribution is 7.89. The summed E-state index contributed by atoms with van der Waals surface area (Å²) in [6, 6.07) is 7.83. The summed E-state index contributed by atoms with van der Waals surface area (Å²) in [5, 5.41) is 2.47. The molecular formula is C22H26ClFN2O5S. The number of amides is 1. The van der Waals surface area contributed by atoms with Gasteiger partial charge in [-0.3, -0.25) is 4.79 Å². The molecule has 0 heterocycles.